The standard InChI is InChI=1S/C19H11F3N2O6S2/c20-19(21,22)32(29,30)23-31(27,28)16-10-9-15(11-5-1-2-6-12(11)16)24-17(25)13-7-3-4-8-14(13)18(24)26/h1-10,23H. The molecule has 2 amide bonds. The first-order valence-electron chi connectivity index (χ1n) is 8.69. The molecule has 1 heterocycles. The lowest BCUT2D eigenvalue weighted by Gasteiger charge is -2.18. The molecule has 0 spiro atoms. The van der Waals surface area contributed by atoms with Crippen LogP contribution in [0.2, 0.25) is 0 Å². The van der Waals surface area contributed by atoms with Gasteiger partial charge in [0, 0.05) is 10.8 Å². The van der Waals surface area contributed by atoms with Crippen molar-refractivity contribution in [3.05, 3.63) is 71.8 Å². The molecule has 0 aromatic heterocycles. The normalized spacial score (nSPS) is 14.8. The Labute approximate surface area is 179 Å². The lowest BCUT2D eigenvalue weighted by Crippen LogP contribution is -2.40. The van der Waals surface area contributed by atoms with Crippen molar-refractivity contribution < 1.29 is 39.6 Å². The smallest absolute Gasteiger partial charge is 0.268 e. The molecule has 32 heavy (non-hydrogen) atoms. The molecule has 0 radical (unpaired) electrons. The molecule has 0 aliphatic carbocycles. The minimum atomic E-state index is -6.21. The summed E-state index contributed by atoms with van der Waals surface area (Å²) < 4.78 is 86.4. The van der Waals surface area contributed by atoms with Crippen molar-refractivity contribution in [1.29, 1.82) is 0 Å². The monoisotopic (exact) mass is 484 g/mol. The minimum absolute atomic E-state index is 0.00979. The summed E-state index contributed by atoms with van der Waals surface area (Å²) in [5.74, 6) is -1.33. The summed E-state index contributed by atoms with van der Waals surface area (Å²) in [7, 11) is -11.4. The number of benzene rings is 3. The van der Waals surface area contributed by atoms with E-state index in [1.54, 1.807) is 12.1 Å². The molecule has 0 bridgehead atoms. The van der Waals surface area contributed by atoms with Gasteiger partial charge in [-0.3, -0.25) is 9.59 Å². The summed E-state index contributed by atoms with van der Waals surface area (Å²) in [4.78, 5) is 25.6. The van der Waals surface area contributed by atoms with Crippen molar-refractivity contribution in [3.63, 3.8) is 0 Å². The fourth-order valence-corrected chi connectivity index (χ4v) is 5.94. The SMILES string of the molecule is O=C1c2ccccc2C(=O)N1c1ccc(S(=O)(=O)NS(=O)(=O)C(F)(F)F)c2ccccc12. The van der Waals surface area contributed by atoms with Crippen molar-refractivity contribution in [1.82, 2.24) is 4.13 Å². The number of anilines is 1. The van der Waals surface area contributed by atoms with Crippen LogP contribution in [0.4, 0.5) is 18.9 Å². The molecule has 0 unspecified atom stereocenters. The van der Waals surface area contributed by atoms with Gasteiger partial charge in [0.15, 0.2) is 0 Å². The van der Waals surface area contributed by atoms with E-state index in [1.807, 2.05) is 0 Å². The zero-order valence-electron chi connectivity index (χ0n) is 15.6. The average molecular weight is 484 g/mol. The van der Waals surface area contributed by atoms with E-state index in [-0.39, 0.29) is 27.6 Å². The van der Waals surface area contributed by atoms with E-state index in [0.29, 0.717) is 4.13 Å². The van der Waals surface area contributed by atoms with Crippen LogP contribution in [-0.4, -0.2) is 34.2 Å². The predicted molar refractivity (Wildman–Crippen MR) is 107 cm³/mol. The molecule has 0 saturated heterocycles. The maximum Gasteiger partial charge on any atom is 0.512 e. The highest BCUT2D eigenvalue weighted by Gasteiger charge is 2.48. The molecule has 166 valence electrons. The van der Waals surface area contributed by atoms with E-state index in [1.165, 1.54) is 36.4 Å². The molecule has 1 N–H and O–H groups in total. The third-order valence-electron chi connectivity index (χ3n) is 4.71. The van der Waals surface area contributed by atoms with Crippen molar-refractivity contribution in [2.45, 2.75) is 10.4 Å². The van der Waals surface area contributed by atoms with E-state index in [4.69, 9.17) is 0 Å². The fraction of sp³-hybridized carbons (Fsp3) is 0.0526. The minimum Gasteiger partial charge on any atom is -0.268 e. The van der Waals surface area contributed by atoms with Gasteiger partial charge in [0.2, 0.25) is 0 Å². The Bertz CT molecular complexity index is 1480. The molecule has 3 aromatic rings. The largest absolute Gasteiger partial charge is 0.512 e. The number of carbonyl (C=O) groups excluding carboxylic acids is 2. The Morgan fingerprint density at radius 2 is 1.22 bits per heavy atom. The molecule has 13 heteroatoms. The van der Waals surface area contributed by atoms with Crippen LogP contribution in [0, 0.1) is 0 Å². The van der Waals surface area contributed by atoms with Gasteiger partial charge in [0.25, 0.3) is 21.8 Å². The first-order valence-corrected chi connectivity index (χ1v) is 11.7. The zero-order valence-corrected chi connectivity index (χ0v) is 17.3. The van der Waals surface area contributed by atoms with Gasteiger partial charge in [-0.15, -0.1) is 0 Å². The Balaban J connectivity index is 1.87. The van der Waals surface area contributed by atoms with E-state index >= 15 is 0 Å². The van der Waals surface area contributed by atoms with Gasteiger partial charge in [-0.1, -0.05) is 40.5 Å². The number of hydrogen-bond acceptors (Lipinski definition) is 6. The molecule has 0 atom stereocenters. The molecule has 4 rings (SSSR count). The Morgan fingerprint density at radius 1 is 0.719 bits per heavy atom. The molecule has 0 saturated carbocycles. The topological polar surface area (TPSA) is 118 Å². The number of sulfonamides is 2. The quantitative estimate of drug-likeness (QED) is 0.569. The van der Waals surface area contributed by atoms with Gasteiger partial charge < -0.3 is 0 Å². The van der Waals surface area contributed by atoms with E-state index in [2.05, 4.69) is 0 Å². The van der Waals surface area contributed by atoms with Crippen molar-refractivity contribution in [2.24, 2.45) is 0 Å². The fourth-order valence-electron chi connectivity index (χ4n) is 3.33. The highest BCUT2D eigenvalue weighted by molar-refractivity contribution is 8.05. The van der Waals surface area contributed by atoms with Crippen LogP contribution in [0.25, 0.3) is 10.8 Å². The third kappa shape index (κ3) is 3.34. The molecular formula is C19H11F3N2O6S2. The van der Waals surface area contributed by atoms with Crippen LogP contribution in [0.5, 0.6) is 0 Å². The summed E-state index contributed by atoms with van der Waals surface area (Å²) in [6, 6.07) is 13.3. The Hall–Kier alpha value is -3.29. The van der Waals surface area contributed by atoms with Crippen LogP contribution in [0.1, 0.15) is 20.7 Å². The van der Waals surface area contributed by atoms with Crippen molar-refractivity contribution >= 4 is 48.3 Å². The first kappa shape index (κ1) is 21.9. The number of hydrogen-bond donors (Lipinski definition) is 1. The number of carbonyl (C=O) groups is 2. The number of amides is 2. The van der Waals surface area contributed by atoms with Crippen molar-refractivity contribution in [3.8, 4) is 0 Å². The summed E-state index contributed by atoms with van der Waals surface area (Å²) in [5.41, 5.74) is -5.59. The van der Waals surface area contributed by atoms with E-state index < -0.39 is 42.3 Å². The number of halogens is 3. The molecule has 8 nitrogen and oxygen atoms in total. The van der Waals surface area contributed by atoms with Gasteiger partial charge >= 0.3 is 15.5 Å². The highest BCUT2D eigenvalue weighted by atomic mass is 32.3. The number of alkyl halides is 3. The highest BCUT2D eigenvalue weighted by Crippen LogP contribution is 2.36. The lowest BCUT2D eigenvalue weighted by molar-refractivity contribution is -0.0441. The third-order valence-corrected chi connectivity index (χ3v) is 8.01. The number of fused-ring (bicyclic) bond motifs is 2. The summed E-state index contributed by atoms with van der Waals surface area (Å²) in [5, 5.41) is -0.152. The molecule has 1 aliphatic rings. The molecule has 1 aliphatic heterocycles. The second-order valence-electron chi connectivity index (χ2n) is 6.66. The van der Waals surface area contributed by atoms with Crippen LogP contribution < -0.4 is 9.03 Å². The number of imide groups is 1. The van der Waals surface area contributed by atoms with Gasteiger partial charge in [-0.2, -0.15) is 13.2 Å². The average Bonchev–Trinajstić information content (AvgIpc) is 2.96. The van der Waals surface area contributed by atoms with Gasteiger partial charge in [-0.05, 0) is 24.3 Å². The van der Waals surface area contributed by atoms with E-state index in [0.717, 1.165) is 17.0 Å². The van der Waals surface area contributed by atoms with Crippen LogP contribution in [0.15, 0.2) is 65.6 Å². The van der Waals surface area contributed by atoms with Gasteiger partial charge in [0.1, 0.15) is 0 Å². The number of nitrogens with zero attached hydrogens (tertiary/aromatic N) is 1. The summed E-state index contributed by atoms with van der Waals surface area (Å²) >= 11 is 0. The van der Waals surface area contributed by atoms with Crippen molar-refractivity contribution in [2.75, 3.05) is 4.90 Å². The number of rotatable bonds is 4. The second kappa shape index (κ2) is 7.12. The van der Waals surface area contributed by atoms with Gasteiger partial charge in [0.05, 0.1) is 21.7 Å². The second-order valence-corrected chi connectivity index (χ2v) is 10.2. The molecular weight excluding hydrogens is 473 g/mol. The van der Waals surface area contributed by atoms with Crippen LogP contribution in [-0.2, 0) is 20.0 Å². The zero-order chi connectivity index (χ0) is 23.5. The first-order chi connectivity index (χ1) is 14.8. The molecule has 0 fully saturated rings. The molecule has 3 aromatic carbocycles. The van der Waals surface area contributed by atoms with E-state index in [9.17, 15) is 39.6 Å². The lowest BCUT2D eigenvalue weighted by atomic mass is 10.1. The Kier molecular flexibility index (Phi) is 4.87. The maximum absolute atomic E-state index is 12.8. The van der Waals surface area contributed by atoms with Crippen LogP contribution >= 0.6 is 0 Å². The predicted octanol–water partition coefficient (Wildman–Crippen LogP) is 2.77. The van der Waals surface area contributed by atoms with Crippen LogP contribution in [0.3, 0.4) is 0 Å². The summed E-state index contributed by atoms with van der Waals surface area (Å²) in [6.45, 7) is 0. The Morgan fingerprint density at radius 3 is 1.75 bits per heavy atom. The summed E-state index contributed by atoms with van der Waals surface area (Å²) in [6.07, 6.45) is 0. The number of nitrogens with one attached hydrogen (secondary N) is 1. The maximum atomic E-state index is 12.8. The van der Waals surface area contributed by atoms with Gasteiger partial charge in [-0.25, -0.2) is 21.7 Å².